The van der Waals surface area contributed by atoms with Gasteiger partial charge in [-0.2, -0.15) is 0 Å². The predicted molar refractivity (Wildman–Crippen MR) is 51.6 cm³/mol. The molecule has 1 heteroatoms. The lowest BCUT2D eigenvalue weighted by Gasteiger charge is -1.81. The number of carbonyl (C=O) groups is 1. The Morgan fingerprint density at radius 1 is 1.25 bits per heavy atom. The van der Waals surface area contributed by atoms with Crippen molar-refractivity contribution in [1.82, 2.24) is 0 Å². The lowest BCUT2D eigenvalue weighted by atomic mass is 10.2. The van der Waals surface area contributed by atoms with Gasteiger partial charge in [0.25, 0.3) is 0 Å². The van der Waals surface area contributed by atoms with Gasteiger partial charge in [-0.15, -0.1) is 0 Å². The van der Waals surface area contributed by atoms with E-state index in [0.29, 0.717) is 0 Å². The Morgan fingerprint density at radius 2 is 2.08 bits per heavy atom. The molecular weight excluding hydrogens is 148 g/mol. The van der Waals surface area contributed by atoms with Gasteiger partial charge in [0, 0.05) is 6.42 Å². The Bertz CT molecular complexity index is 213. The zero-order valence-electron chi connectivity index (χ0n) is 7.42. The average molecular weight is 162 g/mol. The molecule has 0 bridgehead atoms. The Kier molecular flexibility index (Phi) is 8.67. The molecule has 0 aromatic rings. The molecule has 0 fully saturated rings. The minimum atomic E-state index is 0.745. The molecule has 0 saturated heterocycles. The Labute approximate surface area is 74.2 Å². The molecule has 64 valence electrons. The Balaban J connectivity index is 3.48. The summed E-state index contributed by atoms with van der Waals surface area (Å²) in [5.74, 6) is 5.89. The van der Waals surface area contributed by atoms with Crippen LogP contribution in [0.3, 0.4) is 0 Å². The fourth-order valence-corrected chi connectivity index (χ4v) is 0.609. The van der Waals surface area contributed by atoms with Crippen LogP contribution in [0, 0.1) is 11.8 Å². The maximum atomic E-state index is 9.82. The van der Waals surface area contributed by atoms with Gasteiger partial charge >= 0.3 is 0 Å². The van der Waals surface area contributed by atoms with E-state index in [4.69, 9.17) is 0 Å². The van der Waals surface area contributed by atoms with E-state index in [9.17, 15) is 4.79 Å². The van der Waals surface area contributed by atoms with Gasteiger partial charge in [-0.3, -0.25) is 4.79 Å². The molecule has 0 N–H and O–H groups in total. The first-order valence-corrected chi connectivity index (χ1v) is 4.17. The van der Waals surface area contributed by atoms with Gasteiger partial charge in [-0.1, -0.05) is 37.3 Å². The van der Waals surface area contributed by atoms with Crippen molar-refractivity contribution >= 4 is 6.29 Å². The van der Waals surface area contributed by atoms with Gasteiger partial charge < -0.3 is 0 Å². The largest absolute Gasteiger partial charge is 0.299 e. The first kappa shape index (κ1) is 10.7. The average Bonchev–Trinajstić information content (AvgIpc) is 2.10. The summed E-state index contributed by atoms with van der Waals surface area (Å²) in [4.78, 5) is 9.82. The predicted octanol–water partition coefficient (Wildman–Crippen LogP) is 2.49. The molecule has 0 radical (unpaired) electrons. The SMILES string of the molecule is CCCCC#C/C=C/C=C\C=O. The van der Waals surface area contributed by atoms with Gasteiger partial charge in [-0.25, -0.2) is 0 Å². The van der Waals surface area contributed by atoms with Gasteiger partial charge in [0.1, 0.15) is 6.29 Å². The smallest absolute Gasteiger partial charge is 0.142 e. The summed E-state index contributed by atoms with van der Waals surface area (Å²) < 4.78 is 0. The van der Waals surface area contributed by atoms with Crippen molar-refractivity contribution in [2.45, 2.75) is 26.2 Å². The second-order valence-corrected chi connectivity index (χ2v) is 2.30. The second-order valence-electron chi connectivity index (χ2n) is 2.30. The van der Waals surface area contributed by atoms with E-state index in [0.717, 1.165) is 19.1 Å². The summed E-state index contributed by atoms with van der Waals surface area (Å²) in [5.41, 5.74) is 0. The topological polar surface area (TPSA) is 17.1 Å². The summed E-state index contributed by atoms with van der Waals surface area (Å²) in [6.45, 7) is 2.14. The molecule has 12 heavy (non-hydrogen) atoms. The van der Waals surface area contributed by atoms with Crippen molar-refractivity contribution in [3.05, 3.63) is 24.3 Å². The van der Waals surface area contributed by atoms with E-state index in [1.54, 1.807) is 18.2 Å². The van der Waals surface area contributed by atoms with Crippen molar-refractivity contribution in [3.8, 4) is 11.8 Å². The normalized spacial score (nSPS) is 10.1. The van der Waals surface area contributed by atoms with Gasteiger partial charge in [0.05, 0.1) is 0 Å². The summed E-state index contributed by atoms with van der Waals surface area (Å²) in [7, 11) is 0. The van der Waals surface area contributed by atoms with Gasteiger partial charge in [0.2, 0.25) is 0 Å². The third kappa shape index (κ3) is 8.71. The molecule has 1 nitrogen and oxygen atoms in total. The number of unbranched alkanes of at least 4 members (excludes halogenated alkanes) is 2. The molecule has 0 aliphatic carbocycles. The molecule has 0 aromatic heterocycles. The molecular formula is C11H14O. The zero-order valence-corrected chi connectivity index (χ0v) is 7.42. The molecule has 0 saturated carbocycles. The summed E-state index contributed by atoms with van der Waals surface area (Å²) in [5, 5.41) is 0. The number of allylic oxidation sites excluding steroid dienone is 4. The maximum absolute atomic E-state index is 9.82. The summed E-state index contributed by atoms with van der Waals surface area (Å²) >= 11 is 0. The van der Waals surface area contributed by atoms with E-state index in [2.05, 4.69) is 18.8 Å². The first-order chi connectivity index (χ1) is 5.91. The van der Waals surface area contributed by atoms with Crippen molar-refractivity contribution < 1.29 is 4.79 Å². The van der Waals surface area contributed by atoms with Crippen LogP contribution in [0.25, 0.3) is 0 Å². The molecule has 0 rings (SSSR count). The number of rotatable bonds is 4. The number of carbonyl (C=O) groups excluding carboxylic acids is 1. The monoisotopic (exact) mass is 162 g/mol. The second kappa shape index (κ2) is 9.71. The van der Waals surface area contributed by atoms with Crippen LogP contribution in [0.1, 0.15) is 26.2 Å². The highest BCUT2D eigenvalue weighted by Gasteiger charge is 1.73. The lowest BCUT2D eigenvalue weighted by molar-refractivity contribution is -0.104. The van der Waals surface area contributed by atoms with Crippen LogP contribution < -0.4 is 0 Å². The highest BCUT2D eigenvalue weighted by atomic mass is 16.1. The number of aldehydes is 1. The maximum Gasteiger partial charge on any atom is 0.142 e. The molecule has 0 amide bonds. The van der Waals surface area contributed by atoms with Crippen LogP contribution in [0.15, 0.2) is 24.3 Å². The molecule has 0 heterocycles. The van der Waals surface area contributed by atoms with E-state index in [-0.39, 0.29) is 0 Å². The Hall–Kier alpha value is -1.29. The fourth-order valence-electron chi connectivity index (χ4n) is 0.609. The zero-order chi connectivity index (χ0) is 9.07. The van der Waals surface area contributed by atoms with Crippen LogP contribution in [-0.4, -0.2) is 6.29 Å². The third-order valence-corrected chi connectivity index (χ3v) is 1.24. The van der Waals surface area contributed by atoms with E-state index >= 15 is 0 Å². The molecule has 0 aromatic carbocycles. The first-order valence-electron chi connectivity index (χ1n) is 4.17. The minimum Gasteiger partial charge on any atom is -0.299 e. The highest BCUT2D eigenvalue weighted by molar-refractivity contribution is 5.65. The van der Waals surface area contributed by atoms with Crippen LogP contribution in [0.5, 0.6) is 0 Å². The number of hydrogen-bond acceptors (Lipinski definition) is 1. The third-order valence-electron chi connectivity index (χ3n) is 1.24. The highest BCUT2D eigenvalue weighted by Crippen LogP contribution is 1.90. The standard InChI is InChI=1S/C11H14O/c1-2-3-4-5-6-7-8-9-10-11-12/h7-11H,2-4H2,1H3/b8-7+,10-9-. The van der Waals surface area contributed by atoms with Crippen LogP contribution >= 0.6 is 0 Å². The van der Waals surface area contributed by atoms with Crippen molar-refractivity contribution in [3.63, 3.8) is 0 Å². The van der Waals surface area contributed by atoms with Crippen LogP contribution in [-0.2, 0) is 4.79 Å². The molecule has 0 unspecified atom stereocenters. The van der Waals surface area contributed by atoms with E-state index in [1.165, 1.54) is 12.5 Å². The molecule has 0 spiro atoms. The Morgan fingerprint density at radius 3 is 2.75 bits per heavy atom. The quantitative estimate of drug-likeness (QED) is 0.204. The molecule has 0 atom stereocenters. The van der Waals surface area contributed by atoms with Crippen molar-refractivity contribution in [2.75, 3.05) is 0 Å². The van der Waals surface area contributed by atoms with Gasteiger partial charge in [-0.05, 0) is 18.6 Å². The van der Waals surface area contributed by atoms with Crippen molar-refractivity contribution in [2.24, 2.45) is 0 Å². The minimum absolute atomic E-state index is 0.745. The lowest BCUT2D eigenvalue weighted by Crippen LogP contribution is -1.65. The number of hydrogen-bond donors (Lipinski definition) is 0. The fraction of sp³-hybridized carbons (Fsp3) is 0.364. The van der Waals surface area contributed by atoms with E-state index < -0.39 is 0 Å². The van der Waals surface area contributed by atoms with E-state index in [1.807, 2.05) is 0 Å². The summed E-state index contributed by atoms with van der Waals surface area (Å²) in [6, 6.07) is 0. The van der Waals surface area contributed by atoms with Crippen LogP contribution in [0.4, 0.5) is 0 Å². The molecule has 0 aliphatic rings. The summed E-state index contributed by atoms with van der Waals surface area (Å²) in [6.07, 6.45) is 10.6. The van der Waals surface area contributed by atoms with Crippen molar-refractivity contribution in [1.29, 1.82) is 0 Å². The van der Waals surface area contributed by atoms with Gasteiger partial charge in [0.15, 0.2) is 0 Å². The van der Waals surface area contributed by atoms with Crippen LogP contribution in [0.2, 0.25) is 0 Å². The molecule has 0 aliphatic heterocycles.